The summed E-state index contributed by atoms with van der Waals surface area (Å²) in [6, 6.07) is 16.1. The van der Waals surface area contributed by atoms with Crippen LogP contribution in [0.1, 0.15) is 36.9 Å². The number of alkyl halides is 2. The van der Waals surface area contributed by atoms with Gasteiger partial charge in [0.15, 0.2) is 0 Å². The number of nitrogens with one attached hydrogen (secondary N) is 1. The predicted molar refractivity (Wildman–Crippen MR) is 95.0 cm³/mol. The van der Waals surface area contributed by atoms with E-state index in [0.717, 1.165) is 24.0 Å². The number of carbonyl (C=O) groups is 1. The zero-order valence-electron chi connectivity index (χ0n) is 14.6. The molecular formula is C20H22F2N2O2. The van der Waals surface area contributed by atoms with Crippen LogP contribution in [-0.2, 0) is 6.54 Å². The number of benzene rings is 2. The fourth-order valence-corrected chi connectivity index (χ4v) is 2.82. The summed E-state index contributed by atoms with van der Waals surface area (Å²) >= 11 is 0. The first-order chi connectivity index (χ1) is 12.5. The van der Waals surface area contributed by atoms with Crippen LogP contribution in [0.2, 0.25) is 0 Å². The van der Waals surface area contributed by atoms with E-state index in [1.54, 1.807) is 12.1 Å². The molecule has 2 amide bonds. The first-order valence-corrected chi connectivity index (χ1v) is 8.69. The van der Waals surface area contributed by atoms with E-state index in [0.29, 0.717) is 6.54 Å². The van der Waals surface area contributed by atoms with Gasteiger partial charge in [-0.2, -0.15) is 8.78 Å². The molecule has 138 valence electrons. The summed E-state index contributed by atoms with van der Waals surface area (Å²) in [5, 5.41) is 3.00. The summed E-state index contributed by atoms with van der Waals surface area (Å²) in [5.74, 6) is 0.103. The number of rotatable bonds is 7. The van der Waals surface area contributed by atoms with E-state index in [-0.39, 0.29) is 23.9 Å². The largest absolute Gasteiger partial charge is 0.435 e. The van der Waals surface area contributed by atoms with Crippen molar-refractivity contribution < 1.29 is 18.3 Å². The molecule has 1 aliphatic rings. The number of nitrogens with zero attached hydrogens (tertiary/aromatic N) is 1. The van der Waals surface area contributed by atoms with Gasteiger partial charge in [0.2, 0.25) is 0 Å². The average molecular weight is 360 g/mol. The average Bonchev–Trinajstić information content (AvgIpc) is 3.45. The molecule has 1 unspecified atom stereocenters. The van der Waals surface area contributed by atoms with Crippen LogP contribution in [0.3, 0.4) is 0 Å². The quantitative estimate of drug-likeness (QED) is 0.776. The molecule has 1 atom stereocenters. The molecule has 0 saturated heterocycles. The molecule has 1 fully saturated rings. The molecule has 0 bridgehead atoms. The van der Waals surface area contributed by atoms with Crippen molar-refractivity contribution in [2.45, 2.75) is 45.0 Å². The molecule has 0 heterocycles. The molecule has 6 heteroatoms. The van der Waals surface area contributed by atoms with Gasteiger partial charge in [0, 0.05) is 12.6 Å². The van der Waals surface area contributed by atoms with Gasteiger partial charge in [-0.25, -0.2) is 4.79 Å². The van der Waals surface area contributed by atoms with Gasteiger partial charge in [-0.05, 0) is 43.0 Å². The number of halogens is 2. The summed E-state index contributed by atoms with van der Waals surface area (Å²) in [7, 11) is 0. The summed E-state index contributed by atoms with van der Waals surface area (Å²) in [6.07, 6.45) is 2.04. The molecule has 0 aromatic heterocycles. The van der Waals surface area contributed by atoms with Crippen LogP contribution < -0.4 is 10.1 Å². The zero-order chi connectivity index (χ0) is 18.5. The number of hydrogen-bond acceptors (Lipinski definition) is 2. The highest BCUT2D eigenvalue weighted by Gasteiger charge is 2.33. The first-order valence-electron chi connectivity index (χ1n) is 8.69. The molecule has 1 aliphatic carbocycles. The predicted octanol–water partition coefficient (Wildman–Crippen LogP) is 4.72. The Morgan fingerprint density at radius 2 is 1.81 bits per heavy atom. The number of ether oxygens (including phenoxy) is 1. The van der Waals surface area contributed by atoms with E-state index in [2.05, 4.69) is 10.1 Å². The van der Waals surface area contributed by atoms with Crippen molar-refractivity contribution in [2.24, 2.45) is 0 Å². The van der Waals surface area contributed by atoms with Crippen LogP contribution in [-0.4, -0.2) is 23.6 Å². The minimum atomic E-state index is -2.84. The Morgan fingerprint density at radius 3 is 2.38 bits per heavy atom. The smallest absolute Gasteiger partial charge is 0.387 e. The van der Waals surface area contributed by atoms with E-state index in [1.807, 2.05) is 42.2 Å². The van der Waals surface area contributed by atoms with Gasteiger partial charge in [0.05, 0.1) is 6.04 Å². The molecule has 4 nitrogen and oxygen atoms in total. The molecular weight excluding hydrogens is 338 g/mol. The van der Waals surface area contributed by atoms with E-state index in [4.69, 9.17) is 0 Å². The highest BCUT2D eigenvalue weighted by Crippen LogP contribution is 2.29. The van der Waals surface area contributed by atoms with Crippen LogP contribution >= 0.6 is 0 Å². The molecule has 26 heavy (non-hydrogen) atoms. The Kier molecular flexibility index (Phi) is 5.71. The van der Waals surface area contributed by atoms with Crippen molar-refractivity contribution >= 4 is 6.03 Å². The van der Waals surface area contributed by atoms with Crippen molar-refractivity contribution in [3.63, 3.8) is 0 Å². The Bertz CT molecular complexity index is 718. The van der Waals surface area contributed by atoms with E-state index in [1.165, 1.54) is 12.1 Å². The SMILES string of the molecule is CC(NC(=O)N(Cc1ccccc1)C1CC1)c1ccc(OC(F)F)cc1. The monoisotopic (exact) mass is 360 g/mol. The van der Waals surface area contributed by atoms with Crippen molar-refractivity contribution in [1.82, 2.24) is 10.2 Å². The van der Waals surface area contributed by atoms with Crippen LogP contribution in [0.5, 0.6) is 5.75 Å². The van der Waals surface area contributed by atoms with Crippen LogP contribution in [0, 0.1) is 0 Å². The number of hydrogen-bond donors (Lipinski definition) is 1. The highest BCUT2D eigenvalue weighted by atomic mass is 19.3. The van der Waals surface area contributed by atoms with Crippen molar-refractivity contribution in [1.29, 1.82) is 0 Å². The van der Waals surface area contributed by atoms with Crippen LogP contribution in [0.4, 0.5) is 13.6 Å². The molecule has 0 spiro atoms. The highest BCUT2D eigenvalue weighted by molar-refractivity contribution is 5.75. The van der Waals surface area contributed by atoms with Crippen LogP contribution in [0.25, 0.3) is 0 Å². The van der Waals surface area contributed by atoms with Crippen molar-refractivity contribution in [3.8, 4) is 5.75 Å². The lowest BCUT2D eigenvalue weighted by Crippen LogP contribution is -2.41. The maximum absolute atomic E-state index is 12.7. The number of urea groups is 1. The first kappa shape index (κ1) is 18.2. The molecule has 1 saturated carbocycles. The summed E-state index contributed by atoms with van der Waals surface area (Å²) < 4.78 is 28.8. The molecule has 0 aliphatic heterocycles. The normalized spacial score (nSPS) is 14.8. The third-order valence-electron chi connectivity index (χ3n) is 4.39. The molecule has 3 rings (SSSR count). The van der Waals surface area contributed by atoms with Crippen molar-refractivity contribution in [2.75, 3.05) is 0 Å². The Labute approximate surface area is 151 Å². The lowest BCUT2D eigenvalue weighted by molar-refractivity contribution is -0.0498. The lowest BCUT2D eigenvalue weighted by Gasteiger charge is -2.25. The van der Waals surface area contributed by atoms with Gasteiger partial charge < -0.3 is 15.0 Å². The van der Waals surface area contributed by atoms with Gasteiger partial charge in [0.25, 0.3) is 0 Å². The fourth-order valence-electron chi connectivity index (χ4n) is 2.82. The molecule has 1 N–H and O–H groups in total. The number of carbonyl (C=O) groups excluding carboxylic acids is 1. The van der Waals surface area contributed by atoms with E-state index >= 15 is 0 Å². The summed E-state index contributed by atoms with van der Waals surface area (Å²) in [5.41, 5.74) is 1.92. The zero-order valence-corrected chi connectivity index (χ0v) is 14.6. The number of amides is 2. The minimum Gasteiger partial charge on any atom is -0.435 e. The Hall–Kier alpha value is -2.63. The maximum Gasteiger partial charge on any atom is 0.387 e. The van der Waals surface area contributed by atoms with E-state index in [9.17, 15) is 13.6 Å². The van der Waals surface area contributed by atoms with Gasteiger partial charge in [-0.3, -0.25) is 0 Å². The van der Waals surface area contributed by atoms with Gasteiger partial charge >= 0.3 is 12.6 Å². The summed E-state index contributed by atoms with van der Waals surface area (Å²) in [6.45, 7) is -0.400. The molecule has 2 aromatic rings. The Balaban J connectivity index is 1.61. The van der Waals surface area contributed by atoms with Crippen LogP contribution in [0.15, 0.2) is 54.6 Å². The fraction of sp³-hybridized carbons (Fsp3) is 0.350. The van der Waals surface area contributed by atoms with E-state index < -0.39 is 6.61 Å². The third kappa shape index (κ3) is 4.94. The van der Waals surface area contributed by atoms with Gasteiger partial charge in [0.1, 0.15) is 5.75 Å². The second kappa shape index (κ2) is 8.17. The second-order valence-corrected chi connectivity index (χ2v) is 6.46. The third-order valence-corrected chi connectivity index (χ3v) is 4.39. The second-order valence-electron chi connectivity index (χ2n) is 6.46. The standard InChI is InChI=1S/C20H22F2N2O2/c1-14(16-7-11-18(12-8-16)26-19(21)22)23-20(25)24(17-9-10-17)13-15-5-3-2-4-6-15/h2-8,11-12,14,17,19H,9-10,13H2,1H3,(H,23,25). The van der Waals surface area contributed by atoms with Gasteiger partial charge in [-0.1, -0.05) is 42.5 Å². The topological polar surface area (TPSA) is 41.6 Å². The maximum atomic E-state index is 12.7. The van der Waals surface area contributed by atoms with Gasteiger partial charge in [-0.15, -0.1) is 0 Å². The Morgan fingerprint density at radius 1 is 1.15 bits per heavy atom. The molecule has 0 radical (unpaired) electrons. The molecule has 2 aromatic carbocycles. The van der Waals surface area contributed by atoms with Crippen molar-refractivity contribution in [3.05, 3.63) is 65.7 Å². The summed E-state index contributed by atoms with van der Waals surface area (Å²) in [4.78, 5) is 14.6. The lowest BCUT2D eigenvalue weighted by atomic mass is 10.1. The minimum absolute atomic E-state index is 0.103.